The van der Waals surface area contributed by atoms with E-state index >= 15 is 0 Å². The van der Waals surface area contributed by atoms with Crippen molar-refractivity contribution in [2.75, 3.05) is 49.5 Å². The molecule has 4 heterocycles. The van der Waals surface area contributed by atoms with E-state index in [0.29, 0.717) is 18.2 Å². The highest BCUT2D eigenvalue weighted by Crippen LogP contribution is 2.14. The molecule has 2 N–H and O–H groups in total. The molecule has 2 aliphatic heterocycles. The number of amides is 1. The minimum atomic E-state index is 0.0346. The quantitative estimate of drug-likeness (QED) is 0.834. The molecule has 0 spiro atoms. The predicted octanol–water partition coefficient (Wildman–Crippen LogP) is 0.998. The number of pyridine rings is 1. The van der Waals surface area contributed by atoms with E-state index in [9.17, 15) is 4.79 Å². The Bertz CT molecular complexity index is 746. The Kier molecular flexibility index (Phi) is 5.43. The van der Waals surface area contributed by atoms with Crippen LogP contribution in [0.25, 0.3) is 0 Å². The lowest BCUT2D eigenvalue weighted by atomic mass is 10.2. The van der Waals surface area contributed by atoms with Crippen LogP contribution in [0.4, 0.5) is 11.8 Å². The maximum Gasteiger partial charge on any atom is 0.255 e. The van der Waals surface area contributed by atoms with Gasteiger partial charge in [-0.3, -0.25) is 4.79 Å². The van der Waals surface area contributed by atoms with Crippen LogP contribution in [-0.2, 0) is 0 Å². The SMILES string of the molecule is O=C(c1ccc(NC2CCNC2)nc1)N1CCCN(c2ncccn2)CC1. The van der Waals surface area contributed by atoms with Crippen LogP contribution in [-0.4, -0.2) is 71.1 Å². The fourth-order valence-corrected chi connectivity index (χ4v) is 3.55. The Morgan fingerprint density at radius 1 is 1.11 bits per heavy atom. The number of rotatable bonds is 4. The van der Waals surface area contributed by atoms with Crippen molar-refractivity contribution in [3.63, 3.8) is 0 Å². The molecule has 2 aromatic rings. The van der Waals surface area contributed by atoms with E-state index in [-0.39, 0.29) is 5.91 Å². The van der Waals surface area contributed by atoms with Crippen LogP contribution in [0.15, 0.2) is 36.8 Å². The molecule has 1 amide bonds. The van der Waals surface area contributed by atoms with Crippen LogP contribution in [0.3, 0.4) is 0 Å². The molecule has 1 atom stereocenters. The first kappa shape index (κ1) is 17.7. The number of carbonyl (C=O) groups is 1. The van der Waals surface area contributed by atoms with E-state index in [4.69, 9.17) is 0 Å². The van der Waals surface area contributed by atoms with Crippen LogP contribution in [0.2, 0.25) is 0 Å². The van der Waals surface area contributed by atoms with Crippen molar-refractivity contribution in [3.8, 4) is 0 Å². The summed E-state index contributed by atoms with van der Waals surface area (Å²) in [4.78, 5) is 29.9. The van der Waals surface area contributed by atoms with E-state index in [2.05, 4.69) is 30.5 Å². The van der Waals surface area contributed by atoms with Crippen LogP contribution in [0, 0.1) is 0 Å². The van der Waals surface area contributed by atoms with Crippen molar-refractivity contribution in [3.05, 3.63) is 42.4 Å². The molecular weight excluding hydrogens is 342 g/mol. The zero-order valence-electron chi connectivity index (χ0n) is 15.3. The van der Waals surface area contributed by atoms with Gasteiger partial charge in [0.2, 0.25) is 5.95 Å². The lowest BCUT2D eigenvalue weighted by Crippen LogP contribution is -2.35. The van der Waals surface area contributed by atoms with Gasteiger partial charge in [0.15, 0.2) is 0 Å². The maximum atomic E-state index is 12.9. The summed E-state index contributed by atoms with van der Waals surface area (Å²) in [6, 6.07) is 5.98. The van der Waals surface area contributed by atoms with Gasteiger partial charge >= 0.3 is 0 Å². The minimum Gasteiger partial charge on any atom is -0.366 e. The molecule has 142 valence electrons. The molecule has 2 saturated heterocycles. The highest BCUT2D eigenvalue weighted by atomic mass is 16.2. The van der Waals surface area contributed by atoms with Crippen molar-refractivity contribution in [2.45, 2.75) is 18.9 Å². The van der Waals surface area contributed by atoms with Crippen molar-refractivity contribution in [1.29, 1.82) is 0 Å². The number of carbonyl (C=O) groups excluding carboxylic acids is 1. The third-order valence-electron chi connectivity index (χ3n) is 5.04. The van der Waals surface area contributed by atoms with Crippen molar-refractivity contribution >= 4 is 17.7 Å². The van der Waals surface area contributed by atoms with Gasteiger partial charge in [0, 0.05) is 57.4 Å². The fraction of sp³-hybridized carbons (Fsp3) is 0.474. The van der Waals surface area contributed by atoms with E-state index in [0.717, 1.165) is 57.3 Å². The predicted molar refractivity (Wildman–Crippen MR) is 104 cm³/mol. The summed E-state index contributed by atoms with van der Waals surface area (Å²) in [6.45, 7) is 4.97. The first-order chi connectivity index (χ1) is 13.3. The molecule has 27 heavy (non-hydrogen) atoms. The largest absolute Gasteiger partial charge is 0.366 e. The first-order valence-electron chi connectivity index (χ1n) is 9.54. The molecule has 1 unspecified atom stereocenters. The van der Waals surface area contributed by atoms with Gasteiger partial charge in [0.1, 0.15) is 5.82 Å². The first-order valence-corrected chi connectivity index (χ1v) is 9.54. The smallest absolute Gasteiger partial charge is 0.255 e. The van der Waals surface area contributed by atoms with Crippen LogP contribution >= 0.6 is 0 Å². The summed E-state index contributed by atoms with van der Waals surface area (Å²) < 4.78 is 0. The highest BCUT2D eigenvalue weighted by Gasteiger charge is 2.22. The van der Waals surface area contributed by atoms with Crippen molar-refractivity contribution in [1.82, 2.24) is 25.2 Å². The zero-order valence-corrected chi connectivity index (χ0v) is 15.3. The van der Waals surface area contributed by atoms with E-state index in [1.807, 2.05) is 23.1 Å². The third-order valence-corrected chi connectivity index (χ3v) is 5.04. The molecule has 0 aromatic carbocycles. The summed E-state index contributed by atoms with van der Waals surface area (Å²) in [7, 11) is 0. The van der Waals surface area contributed by atoms with Gasteiger partial charge in [-0.2, -0.15) is 0 Å². The normalized spacial score (nSPS) is 20.4. The molecule has 0 radical (unpaired) electrons. The van der Waals surface area contributed by atoms with Crippen molar-refractivity contribution in [2.24, 2.45) is 0 Å². The summed E-state index contributed by atoms with van der Waals surface area (Å²) in [5.41, 5.74) is 0.634. The number of anilines is 2. The second-order valence-corrected chi connectivity index (χ2v) is 6.95. The molecule has 0 aliphatic carbocycles. The zero-order chi connectivity index (χ0) is 18.5. The van der Waals surface area contributed by atoms with Gasteiger partial charge in [-0.25, -0.2) is 15.0 Å². The van der Waals surface area contributed by atoms with Gasteiger partial charge in [-0.05, 0) is 37.6 Å². The molecule has 8 heteroatoms. The Labute approximate surface area is 159 Å². The lowest BCUT2D eigenvalue weighted by molar-refractivity contribution is 0.0766. The van der Waals surface area contributed by atoms with Crippen LogP contribution in [0.1, 0.15) is 23.2 Å². The fourth-order valence-electron chi connectivity index (χ4n) is 3.55. The summed E-state index contributed by atoms with van der Waals surface area (Å²) >= 11 is 0. The molecule has 2 aromatic heterocycles. The number of nitrogens with one attached hydrogen (secondary N) is 2. The average molecular weight is 367 g/mol. The number of hydrogen-bond donors (Lipinski definition) is 2. The summed E-state index contributed by atoms with van der Waals surface area (Å²) in [5.74, 6) is 1.58. The Morgan fingerprint density at radius 3 is 2.74 bits per heavy atom. The monoisotopic (exact) mass is 367 g/mol. The molecule has 4 rings (SSSR count). The maximum absolute atomic E-state index is 12.9. The summed E-state index contributed by atoms with van der Waals surface area (Å²) in [5, 5.41) is 6.72. The van der Waals surface area contributed by atoms with Gasteiger partial charge in [0.25, 0.3) is 5.91 Å². The Morgan fingerprint density at radius 2 is 2.00 bits per heavy atom. The van der Waals surface area contributed by atoms with E-state index < -0.39 is 0 Å². The molecule has 0 bridgehead atoms. The Balaban J connectivity index is 1.36. The second-order valence-electron chi connectivity index (χ2n) is 6.95. The van der Waals surface area contributed by atoms with Crippen LogP contribution < -0.4 is 15.5 Å². The van der Waals surface area contributed by atoms with Gasteiger partial charge < -0.3 is 20.4 Å². The van der Waals surface area contributed by atoms with Gasteiger partial charge in [0.05, 0.1) is 5.56 Å². The number of hydrogen-bond acceptors (Lipinski definition) is 7. The topological polar surface area (TPSA) is 86.3 Å². The van der Waals surface area contributed by atoms with E-state index in [1.165, 1.54) is 0 Å². The Hall–Kier alpha value is -2.74. The van der Waals surface area contributed by atoms with Crippen LogP contribution in [0.5, 0.6) is 0 Å². The van der Waals surface area contributed by atoms with Gasteiger partial charge in [-0.1, -0.05) is 0 Å². The third kappa shape index (κ3) is 4.33. The number of nitrogens with zero attached hydrogens (tertiary/aromatic N) is 5. The molecule has 2 aliphatic rings. The summed E-state index contributed by atoms with van der Waals surface area (Å²) in [6.07, 6.45) is 7.16. The van der Waals surface area contributed by atoms with Crippen molar-refractivity contribution < 1.29 is 4.79 Å². The van der Waals surface area contributed by atoms with Gasteiger partial charge in [-0.15, -0.1) is 0 Å². The minimum absolute atomic E-state index is 0.0346. The average Bonchev–Trinajstić information content (AvgIpc) is 3.10. The second kappa shape index (κ2) is 8.30. The molecular formula is C19H25N7O. The highest BCUT2D eigenvalue weighted by molar-refractivity contribution is 5.94. The molecule has 2 fully saturated rings. The van der Waals surface area contributed by atoms with E-state index in [1.54, 1.807) is 18.6 Å². The number of aromatic nitrogens is 3. The standard InChI is InChI=1S/C19H25N7O/c27-18(15-3-4-17(23-13-15)24-16-5-8-20-14-16)25-9-2-10-26(12-11-25)19-21-6-1-7-22-19/h1,3-4,6-7,13,16,20H,2,5,8-12,14H2,(H,23,24). The molecule has 0 saturated carbocycles. The molecule has 8 nitrogen and oxygen atoms in total. The lowest BCUT2D eigenvalue weighted by Gasteiger charge is -2.22.